The summed E-state index contributed by atoms with van der Waals surface area (Å²) < 4.78 is 7.50. The number of nitrogens with one attached hydrogen (secondary N) is 1. The van der Waals surface area contributed by atoms with Gasteiger partial charge in [0.1, 0.15) is 0 Å². The first-order chi connectivity index (χ1) is 9.68. The molecule has 1 fully saturated rings. The lowest BCUT2D eigenvalue weighted by atomic mass is 9.98. The van der Waals surface area contributed by atoms with E-state index in [4.69, 9.17) is 4.74 Å². The molecule has 0 unspecified atom stereocenters. The number of aromatic nitrogens is 2. The van der Waals surface area contributed by atoms with Crippen LogP contribution in [0.3, 0.4) is 0 Å². The van der Waals surface area contributed by atoms with Crippen molar-refractivity contribution < 1.29 is 4.74 Å². The normalized spacial score (nSPS) is 16.6. The van der Waals surface area contributed by atoms with Gasteiger partial charge in [-0.05, 0) is 26.7 Å². The van der Waals surface area contributed by atoms with Crippen LogP contribution < -0.4 is 10.9 Å². The monoisotopic (exact) mass is 279 g/mol. The molecule has 20 heavy (non-hydrogen) atoms. The molecule has 0 amide bonds. The smallest absolute Gasteiger partial charge is 0.293 e. The minimum atomic E-state index is -0.0693. The number of rotatable bonds is 6. The van der Waals surface area contributed by atoms with Crippen molar-refractivity contribution in [2.75, 3.05) is 18.5 Å². The fraction of sp³-hybridized carbons (Fsp3) is 0.733. The number of anilines is 1. The third kappa shape index (κ3) is 4.07. The van der Waals surface area contributed by atoms with E-state index in [1.807, 2.05) is 13.8 Å². The van der Waals surface area contributed by atoms with Gasteiger partial charge in [-0.25, -0.2) is 4.98 Å². The summed E-state index contributed by atoms with van der Waals surface area (Å²) in [5.74, 6) is 0.411. The summed E-state index contributed by atoms with van der Waals surface area (Å²) in [5, 5.41) is 3.08. The van der Waals surface area contributed by atoms with Crippen LogP contribution in [0.25, 0.3) is 0 Å². The molecule has 1 N–H and O–H groups in total. The Kier molecular flexibility index (Phi) is 5.59. The summed E-state index contributed by atoms with van der Waals surface area (Å²) in [6.45, 7) is 5.22. The summed E-state index contributed by atoms with van der Waals surface area (Å²) in [4.78, 5) is 16.2. The zero-order valence-electron chi connectivity index (χ0n) is 12.5. The number of nitrogens with zero attached hydrogens (tertiary/aromatic N) is 2. The Labute approximate surface area is 120 Å². The Morgan fingerprint density at radius 3 is 2.85 bits per heavy atom. The van der Waals surface area contributed by atoms with Crippen LogP contribution in [0.2, 0.25) is 0 Å². The number of ether oxygens (including phenoxy) is 1. The number of hydrogen-bond donors (Lipinski definition) is 1. The van der Waals surface area contributed by atoms with Crippen molar-refractivity contribution in [3.63, 3.8) is 0 Å². The molecule has 2 rings (SSSR count). The summed E-state index contributed by atoms with van der Waals surface area (Å²) in [5.41, 5.74) is -0.0693. The van der Waals surface area contributed by atoms with E-state index in [-0.39, 0.29) is 11.6 Å². The van der Waals surface area contributed by atoms with Crippen LogP contribution in [0, 0.1) is 0 Å². The Morgan fingerprint density at radius 1 is 1.40 bits per heavy atom. The van der Waals surface area contributed by atoms with Crippen LogP contribution in [0.15, 0.2) is 17.2 Å². The van der Waals surface area contributed by atoms with Gasteiger partial charge >= 0.3 is 0 Å². The maximum Gasteiger partial charge on any atom is 0.293 e. The van der Waals surface area contributed by atoms with Gasteiger partial charge in [0.2, 0.25) is 0 Å². The molecule has 1 aromatic rings. The van der Waals surface area contributed by atoms with Gasteiger partial charge in [0.15, 0.2) is 5.82 Å². The van der Waals surface area contributed by atoms with E-state index < -0.39 is 0 Å². The minimum absolute atomic E-state index is 0.0693. The maximum atomic E-state index is 12.1. The molecule has 1 heterocycles. The molecule has 5 heteroatoms. The van der Waals surface area contributed by atoms with Crippen molar-refractivity contribution in [1.29, 1.82) is 0 Å². The highest BCUT2D eigenvalue weighted by Gasteiger charge is 2.13. The summed E-state index contributed by atoms with van der Waals surface area (Å²) in [6.07, 6.45) is 10.0. The van der Waals surface area contributed by atoms with Gasteiger partial charge in [-0.1, -0.05) is 19.3 Å². The van der Waals surface area contributed by atoms with Gasteiger partial charge < -0.3 is 14.6 Å². The predicted molar refractivity (Wildman–Crippen MR) is 80.2 cm³/mol. The Morgan fingerprint density at radius 2 is 2.15 bits per heavy atom. The lowest BCUT2D eigenvalue weighted by Crippen LogP contribution is -2.27. The molecule has 0 radical (unpaired) electrons. The lowest BCUT2D eigenvalue weighted by Gasteiger charge is -2.22. The second-order valence-corrected chi connectivity index (χ2v) is 5.64. The highest BCUT2D eigenvalue weighted by atomic mass is 16.5. The fourth-order valence-electron chi connectivity index (χ4n) is 2.58. The average Bonchev–Trinajstić information content (AvgIpc) is 2.46. The predicted octanol–water partition coefficient (Wildman–Crippen LogP) is 2.59. The van der Waals surface area contributed by atoms with Crippen LogP contribution in [0.1, 0.15) is 52.0 Å². The summed E-state index contributed by atoms with van der Waals surface area (Å²) >= 11 is 0. The molecule has 0 bridgehead atoms. The van der Waals surface area contributed by atoms with Crippen LogP contribution in [0.5, 0.6) is 0 Å². The SMILES string of the molecule is CC(C)n1ccnc(NCCOC2CCCCC2)c1=O. The van der Waals surface area contributed by atoms with Crippen molar-refractivity contribution in [3.05, 3.63) is 22.7 Å². The molecule has 0 saturated heterocycles. The van der Waals surface area contributed by atoms with Gasteiger partial charge in [-0.3, -0.25) is 4.79 Å². The first kappa shape index (κ1) is 15.0. The van der Waals surface area contributed by atoms with E-state index in [1.54, 1.807) is 17.0 Å². The summed E-state index contributed by atoms with van der Waals surface area (Å²) in [6, 6.07) is 0.143. The number of hydrogen-bond acceptors (Lipinski definition) is 4. The molecule has 0 atom stereocenters. The molecule has 0 aliphatic heterocycles. The van der Waals surface area contributed by atoms with Crippen molar-refractivity contribution in [2.24, 2.45) is 0 Å². The highest BCUT2D eigenvalue weighted by Crippen LogP contribution is 2.19. The van der Waals surface area contributed by atoms with E-state index in [0.717, 1.165) is 0 Å². The van der Waals surface area contributed by atoms with Crippen LogP contribution in [0.4, 0.5) is 5.82 Å². The minimum Gasteiger partial charge on any atom is -0.376 e. The molecular formula is C15H25N3O2. The second-order valence-electron chi connectivity index (χ2n) is 5.64. The van der Waals surface area contributed by atoms with Gasteiger partial charge in [0, 0.05) is 25.0 Å². The standard InChI is InChI=1S/C15H25N3O2/c1-12(2)18-10-8-16-14(15(18)19)17-9-11-20-13-6-4-3-5-7-13/h8,10,12-13H,3-7,9,11H2,1-2H3,(H,16,17). The molecule has 5 nitrogen and oxygen atoms in total. The maximum absolute atomic E-state index is 12.1. The molecule has 0 aromatic carbocycles. The van der Waals surface area contributed by atoms with Crippen molar-refractivity contribution in [2.45, 2.75) is 58.1 Å². The Hall–Kier alpha value is -1.36. The molecule has 112 valence electrons. The van der Waals surface area contributed by atoms with E-state index >= 15 is 0 Å². The molecule has 0 spiro atoms. The summed E-state index contributed by atoms with van der Waals surface area (Å²) in [7, 11) is 0. The van der Waals surface area contributed by atoms with Crippen LogP contribution >= 0.6 is 0 Å². The molecule has 1 aromatic heterocycles. The molecular weight excluding hydrogens is 254 g/mol. The molecule has 1 aliphatic carbocycles. The first-order valence-electron chi connectivity index (χ1n) is 7.61. The Balaban J connectivity index is 1.79. The zero-order valence-corrected chi connectivity index (χ0v) is 12.5. The molecule has 1 saturated carbocycles. The largest absolute Gasteiger partial charge is 0.376 e. The van der Waals surface area contributed by atoms with Crippen molar-refractivity contribution in [3.8, 4) is 0 Å². The second kappa shape index (κ2) is 7.43. The van der Waals surface area contributed by atoms with Gasteiger partial charge in [0.05, 0.1) is 12.7 Å². The van der Waals surface area contributed by atoms with Crippen molar-refractivity contribution >= 4 is 5.82 Å². The third-order valence-corrected chi connectivity index (χ3v) is 3.72. The van der Waals surface area contributed by atoms with Gasteiger partial charge in [0.25, 0.3) is 5.56 Å². The lowest BCUT2D eigenvalue weighted by molar-refractivity contribution is 0.0347. The van der Waals surface area contributed by atoms with E-state index in [9.17, 15) is 4.79 Å². The zero-order chi connectivity index (χ0) is 14.4. The van der Waals surface area contributed by atoms with E-state index in [1.165, 1.54) is 32.1 Å². The first-order valence-corrected chi connectivity index (χ1v) is 7.61. The van der Waals surface area contributed by atoms with Gasteiger partial charge in [-0.15, -0.1) is 0 Å². The van der Waals surface area contributed by atoms with Crippen LogP contribution in [-0.4, -0.2) is 28.8 Å². The topological polar surface area (TPSA) is 56.1 Å². The van der Waals surface area contributed by atoms with Crippen LogP contribution in [-0.2, 0) is 4.74 Å². The average molecular weight is 279 g/mol. The Bertz CT molecular complexity index is 464. The van der Waals surface area contributed by atoms with E-state index in [2.05, 4.69) is 10.3 Å². The van der Waals surface area contributed by atoms with E-state index in [0.29, 0.717) is 25.1 Å². The molecule has 1 aliphatic rings. The van der Waals surface area contributed by atoms with Gasteiger partial charge in [-0.2, -0.15) is 0 Å². The fourth-order valence-corrected chi connectivity index (χ4v) is 2.58. The van der Waals surface area contributed by atoms with Crippen molar-refractivity contribution in [1.82, 2.24) is 9.55 Å². The third-order valence-electron chi connectivity index (χ3n) is 3.72. The highest BCUT2D eigenvalue weighted by molar-refractivity contribution is 5.30. The quantitative estimate of drug-likeness (QED) is 0.813.